The van der Waals surface area contributed by atoms with Crippen LogP contribution in [0.25, 0.3) is 10.2 Å². The van der Waals surface area contributed by atoms with Gasteiger partial charge in [0.1, 0.15) is 10.6 Å². The molecule has 2 N–H and O–H groups in total. The first-order valence-electron chi connectivity index (χ1n) is 6.20. The monoisotopic (exact) mass is 302 g/mol. The number of thiophene rings is 1. The van der Waals surface area contributed by atoms with E-state index in [1.54, 1.807) is 29.3 Å². The van der Waals surface area contributed by atoms with Crippen LogP contribution in [0.2, 0.25) is 0 Å². The molecule has 0 saturated carbocycles. The maximum atomic E-state index is 6.07. The summed E-state index contributed by atoms with van der Waals surface area (Å²) in [4.78, 5) is 15.3. The van der Waals surface area contributed by atoms with Gasteiger partial charge in [-0.2, -0.15) is 0 Å². The predicted octanol–water partition coefficient (Wildman–Crippen LogP) is 3.58. The second-order valence-electron chi connectivity index (χ2n) is 4.50. The van der Waals surface area contributed by atoms with Gasteiger partial charge in [0.25, 0.3) is 0 Å². The minimum Gasteiger partial charge on any atom is -0.383 e. The molecule has 0 aliphatic carbocycles. The summed E-state index contributed by atoms with van der Waals surface area (Å²) in [6.07, 6.45) is 3.63. The molecule has 0 bridgehead atoms. The molecule has 20 heavy (non-hydrogen) atoms. The third kappa shape index (κ3) is 2.48. The molecule has 0 unspecified atom stereocenters. The normalized spacial score (nSPS) is 11.1. The van der Waals surface area contributed by atoms with E-state index in [-0.39, 0.29) is 0 Å². The molecule has 4 nitrogen and oxygen atoms in total. The molecule has 0 radical (unpaired) electrons. The van der Waals surface area contributed by atoms with Crippen molar-refractivity contribution in [1.82, 2.24) is 15.0 Å². The molecule has 3 rings (SSSR count). The van der Waals surface area contributed by atoms with Crippen LogP contribution in [0.15, 0.2) is 29.7 Å². The maximum Gasteiger partial charge on any atom is 0.191 e. The van der Waals surface area contributed by atoms with E-state index >= 15 is 0 Å². The molecule has 3 aromatic rings. The first kappa shape index (κ1) is 13.3. The summed E-state index contributed by atoms with van der Waals surface area (Å²) in [6.45, 7) is 4.15. The van der Waals surface area contributed by atoms with Crippen molar-refractivity contribution in [2.75, 3.05) is 5.73 Å². The van der Waals surface area contributed by atoms with E-state index in [4.69, 9.17) is 5.73 Å². The number of thioether (sulfide) groups is 1. The SMILES string of the molecule is Cc1sc2nc(SCc3cccnc3)nc(N)c2c1C. The Morgan fingerprint density at radius 3 is 2.90 bits per heavy atom. The van der Waals surface area contributed by atoms with Gasteiger partial charge in [0, 0.05) is 23.0 Å². The summed E-state index contributed by atoms with van der Waals surface area (Å²) in [5, 5.41) is 1.72. The van der Waals surface area contributed by atoms with Crippen molar-refractivity contribution in [3.8, 4) is 0 Å². The predicted molar refractivity (Wildman–Crippen MR) is 85.1 cm³/mol. The van der Waals surface area contributed by atoms with E-state index in [1.807, 2.05) is 18.3 Å². The zero-order chi connectivity index (χ0) is 14.1. The molecule has 0 spiro atoms. The van der Waals surface area contributed by atoms with Gasteiger partial charge in [-0.05, 0) is 31.0 Å². The van der Waals surface area contributed by atoms with Crippen LogP contribution in [0, 0.1) is 13.8 Å². The van der Waals surface area contributed by atoms with E-state index in [0.717, 1.165) is 26.7 Å². The Morgan fingerprint density at radius 1 is 1.30 bits per heavy atom. The summed E-state index contributed by atoms with van der Waals surface area (Å²) in [5.41, 5.74) is 8.41. The number of nitrogen functional groups attached to an aromatic ring is 1. The average Bonchev–Trinajstić information content (AvgIpc) is 2.73. The average molecular weight is 302 g/mol. The van der Waals surface area contributed by atoms with Crippen molar-refractivity contribution < 1.29 is 0 Å². The van der Waals surface area contributed by atoms with Crippen molar-refractivity contribution >= 4 is 39.1 Å². The molecule has 6 heteroatoms. The summed E-state index contributed by atoms with van der Waals surface area (Å²) < 4.78 is 0. The molecule has 0 amide bonds. The van der Waals surface area contributed by atoms with Gasteiger partial charge < -0.3 is 5.73 Å². The zero-order valence-electron chi connectivity index (χ0n) is 11.3. The standard InChI is InChI=1S/C14H14N4S2/c1-8-9(2)20-13-11(8)12(15)17-14(18-13)19-7-10-4-3-5-16-6-10/h3-6H,7H2,1-2H3,(H2,15,17,18). The smallest absolute Gasteiger partial charge is 0.191 e. The van der Waals surface area contributed by atoms with Crippen LogP contribution in [-0.4, -0.2) is 15.0 Å². The number of aryl methyl sites for hydroxylation is 2. The van der Waals surface area contributed by atoms with E-state index in [0.29, 0.717) is 5.82 Å². The van der Waals surface area contributed by atoms with E-state index in [2.05, 4.69) is 28.8 Å². The lowest BCUT2D eigenvalue weighted by molar-refractivity contribution is 1.02. The van der Waals surface area contributed by atoms with Gasteiger partial charge in [0.15, 0.2) is 5.16 Å². The van der Waals surface area contributed by atoms with Crippen molar-refractivity contribution in [3.63, 3.8) is 0 Å². The lowest BCUT2D eigenvalue weighted by Gasteiger charge is -2.03. The Labute approximate surface area is 125 Å². The highest BCUT2D eigenvalue weighted by molar-refractivity contribution is 7.98. The fourth-order valence-electron chi connectivity index (χ4n) is 1.96. The third-order valence-corrected chi connectivity index (χ3v) is 5.15. The van der Waals surface area contributed by atoms with E-state index < -0.39 is 0 Å². The quantitative estimate of drug-likeness (QED) is 0.592. The molecule has 102 valence electrons. The number of hydrogen-bond acceptors (Lipinski definition) is 6. The summed E-state index contributed by atoms with van der Waals surface area (Å²) >= 11 is 3.25. The number of hydrogen-bond donors (Lipinski definition) is 1. The van der Waals surface area contributed by atoms with Gasteiger partial charge in [-0.25, -0.2) is 9.97 Å². The molecule has 0 atom stereocenters. The molecule has 0 aromatic carbocycles. The summed E-state index contributed by atoms with van der Waals surface area (Å²) in [7, 11) is 0. The number of rotatable bonds is 3. The lowest BCUT2D eigenvalue weighted by Crippen LogP contribution is -1.96. The molecule has 3 heterocycles. The highest BCUT2D eigenvalue weighted by Crippen LogP contribution is 2.33. The van der Waals surface area contributed by atoms with Crippen LogP contribution >= 0.6 is 23.1 Å². The highest BCUT2D eigenvalue weighted by atomic mass is 32.2. The van der Waals surface area contributed by atoms with E-state index in [1.165, 1.54) is 10.4 Å². The number of aromatic nitrogens is 3. The Hall–Kier alpha value is -1.66. The fraction of sp³-hybridized carbons (Fsp3) is 0.214. The Morgan fingerprint density at radius 2 is 2.15 bits per heavy atom. The minimum atomic E-state index is 0.575. The number of pyridine rings is 1. The Kier molecular flexibility index (Phi) is 3.58. The summed E-state index contributed by atoms with van der Waals surface area (Å²) in [5.74, 6) is 1.37. The fourth-order valence-corrected chi connectivity index (χ4v) is 3.84. The van der Waals surface area contributed by atoms with Gasteiger partial charge in [0.2, 0.25) is 0 Å². The molecular formula is C14H14N4S2. The first-order valence-corrected chi connectivity index (χ1v) is 8.00. The van der Waals surface area contributed by atoms with Crippen LogP contribution in [0.1, 0.15) is 16.0 Å². The number of anilines is 1. The van der Waals surface area contributed by atoms with Crippen LogP contribution < -0.4 is 5.73 Å². The number of nitrogens with two attached hydrogens (primary N) is 1. The van der Waals surface area contributed by atoms with Crippen molar-refractivity contribution in [3.05, 3.63) is 40.5 Å². The zero-order valence-corrected chi connectivity index (χ0v) is 12.9. The van der Waals surface area contributed by atoms with Crippen LogP contribution in [-0.2, 0) is 5.75 Å². The molecule has 0 fully saturated rings. The van der Waals surface area contributed by atoms with Gasteiger partial charge >= 0.3 is 0 Å². The van der Waals surface area contributed by atoms with E-state index in [9.17, 15) is 0 Å². The number of fused-ring (bicyclic) bond motifs is 1. The molecule has 0 aliphatic rings. The minimum absolute atomic E-state index is 0.575. The Bertz CT molecular complexity index is 753. The topological polar surface area (TPSA) is 64.7 Å². The van der Waals surface area contributed by atoms with Gasteiger partial charge in [-0.3, -0.25) is 4.98 Å². The van der Waals surface area contributed by atoms with Crippen LogP contribution in [0.3, 0.4) is 0 Å². The van der Waals surface area contributed by atoms with Crippen LogP contribution in [0.4, 0.5) is 5.82 Å². The third-order valence-electron chi connectivity index (χ3n) is 3.13. The van der Waals surface area contributed by atoms with Crippen molar-refractivity contribution in [1.29, 1.82) is 0 Å². The van der Waals surface area contributed by atoms with Gasteiger partial charge in [-0.1, -0.05) is 17.8 Å². The van der Waals surface area contributed by atoms with Crippen LogP contribution in [0.5, 0.6) is 0 Å². The molecule has 3 aromatic heterocycles. The van der Waals surface area contributed by atoms with Gasteiger partial charge in [-0.15, -0.1) is 11.3 Å². The Balaban J connectivity index is 1.89. The van der Waals surface area contributed by atoms with Gasteiger partial charge in [0.05, 0.1) is 5.39 Å². The largest absolute Gasteiger partial charge is 0.383 e. The summed E-state index contributed by atoms with van der Waals surface area (Å²) in [6, 6.07) is 3.97. The molecule has 0 aliphatic heterocycles. The highest BCUT2D eigenvalue weighted by Gasteiger charge is 2.12. The lowest BCUT2D eigenvalue weighted by atomic mass is 10.2. The molecular weight excluding hydrogens is 288 g/mol. The second kappa shape index (κ2) is 5.38. The maximum absolute atomic E-state index is 6.07. The van der Waals surface area contributed by atoms with Crippen molar-refractivity contribution in [2.24, 2.45) is 0 Å². The second-order valence-corrected chi connectivity index (χ2v) is 6.65. The van der Waals surface area contributed by atoms with Crippen molar-refractivity contribution in [2.45, 2.75) is 24.8 Å². The number of nitrogens with zero attached hydrogens (tertiary/aromatic N) is 3. The molecule has 0 saturated heterocycles. The first-order chi connectivity index (χ1) is 9.65.